The molecule has 124 valence electrons. The maximum absolute atomic E-state index is 10.5. The molecule has 3 unspecified atom stereocenters. The van der Waals surface area contributed by atoms with Crippen LogP contribution in [0.3, 0.4) is 0 Å². The maximum atomic E-state index is 10.5. The minimum Gasteiger partial charge on any atom is -0.508 e. The summed E-state index contributed by atoms with van der Waals surface area (Å²) >= 11 is 0. The number of nitrogens with one attached hydrogen (secondary N) is 1. The Kier molecular flexibility index (Phi) is 6.20. The van der Waals surface area contributed by atoms with Crippen LogP contribution < -0.4 is 5.32 Å². The van der Waals surface area contributed by atoms with Crippen molar-refractivity contribution in [1.82, 2.24) is 5.32 Å². The first-order chi connectivity index (χ1) is 11.0. The molecular formula is C20H27NO2. The first kappa shape index (κ1) is 17.5. The average molecular weight is 313 g/mol. The molecule has 0 aliphatic carbocycles. The molecule has 0 saturated carbocycles. The summed E-state index contributed by atoms with van der Waals surface area (Å²) in [6.45, 7) is 5.96. The Morgan fingerprint density at radius 3 is 2.39 bits per heavy atom. The lowest BCUT2D eigenvalue weighted by Crippen LogP contribution is -2.38. The molecule has 3 N–H and O–H groups in total. The summed E-state index contributed by atoms with van der Waals surface area (Å²) in [4.78, 5) is 0. The lowest BCUT2D eigenvalue weighted by Gasteiger charge is -2.25. The van der Waals surface area contributed by atoms with Gasteiger partial charge in [0.1, 0.15) is 5.75 Å². The summed E-state index contributed by atoms with van der Waals surface area (Å²) in [6, 6.07) is 16.0. The van der Waals surface area contributed by atoms with Crippen molar-refractivity contribution in [3.63, 3.8) is 0 Å². The van der Waals surface area contributed by atoms with E-state index >= 15 is 0 Å². The highest BCUT2D eigenvalue weighted by Gasteiger charge is 2.18. The van der Waals surface area contributed by atoms with Gasteiger partial charge in [0.15, 0.2) is 0 Å². The van der Waals surface area contributed by atoms with Gasteiger partial charge in [0.05, 0.1) is 6.10 Å². The van der Waals surface area contributed by atoms with Crippen molar-refractivity contribution in [1.29, 1.82) is 0 Å². The number of aliphatic hydroxyl groups excluding tert-OH is 1. The molecule has 0 aliphatic heterocycles. The SMILES string of the molecule is Cc1ccc(C(O)C(C)NC(C)CCc2ccccc2)cc1O. The summed E-state index contributed by atoms with van der Waals surface area (Å²) in [5, 5.41) is 23.7. The van der Waals surface area contributed by atoms with E-state index in [1.54, 1.807) is 6.07 Å². The first-order valence-corrected chi connectivity index (χ1v) is 8.25. The van der Waals surface area contributed by atoms with E-state index in [1.165, 1.54) is 5.56 Å². The zero-order valence-electron chi connectivity index (χ0n) is 14.2. The Bertz CT molecular complexity index is 612. The van der Waals surface area contributed by atoms with Gasteiger partial charge in [-0.05, 0) is 56.4 Å². The lowest BCUT2D eigenvalue weighted by molar-refractivity contribution is 0.129. The molecule has 3 atom stereocenters. The molecule has 3 nitrogen and oxygen atoms in total. The van der Waals surface area contributed by atoms with Crippen LogP contribution in [0.1, 0.15) is 43.1 Å². The molecule has 0 spiro atoms. The molecule has 0 radical (unpaired) electrons. The molecule has 2 aromatic carbocycles. The van der Waals surface area contributed by atoms with Gasteiger partial charge in [-0.3, -0.25) is 0 Å². The standard InChI is InChI=1S/C20H27NO2/c1-14-9-12-18(13-19(14)22)20(23)16(3)21-15(2)10-11-17-7-5-4-6-8-17/h4-9,12-13,15-16,20-23H,10-11H2,1-3H3. The number of aryl methyl sites for hydroxylation is 2. The van der Waals surface area contributed by atoms with E-state index in [9.17, 15) is 10.2 Å². The Hall–Kier alpha value is -1.84. The van der Waals surface area contributed by atoms with Crippen molar-refractivity contribution in [2.45, 2.75) is 51.8 Å². The van der Waals surface area contributed by atoms with Crippen molar-refractivity contribution in [2.75, 3.05) is 0 Å². The summed E-state index contributed by atoms with van der Waals surface area (Å²) in [5.74, 6) is 0.228. The molecule has 0 aliphatic rings. The predicted molar refractivity (Wildman–Crippen MR) is 94.6 cm³/mol. The van der Waals surface area contributed by atoms with Gasteiger partial charge in [0.25, 0.3) is 0 Å². The molecular weight excluding hydrogens is 286 g/mol. The number of hydrogen-bond acceptors (Lipinski definition) is 3. The van der Waals surface area contributed by atoms with Gasteiger partial charge in [-0.25, -0.2) is 0 Å². The molecule has 0 heterocycles. The second kappa shape index (κ2) is 8.14. The number of benzene rings is 2. The summed E-state index contributed by atoms with van der Waals surface area (Å²) in [7, 11) is 0. The fourth-order valence-electron chi connectivity index (χ4n) is 2.75. The van der Waals surface area contributed by atoms with Crippen molar-refractivity contribution in [3.8, 4) is 5.75 Å². The highest BCUT2D eigenvalue weighted by molar-refractivity contribution is 5.36. The molecule has 0 amide bonds. The molecule has 0 saturated heterocycles. The zero-order chi connectivity index (χ0) is 16.8. The monoisotopic (exact) mass is 313 g/mol. The van der Waals surface area contributed by atoms with Crippen LogP contribution in [-0.2, 0) is 6.42 Å². The van der Waals surface area contributed by atoms with Gasteiger partial charge < -0.3 is 15.5 Å². The zero-order valence-corrected chi connectivity index (χ0v) is 14.2. The first-order valence-electron chi connectivity index (χ1n) is 8.25. The largest absolute Gasteiger partial charge is 0.508 e. The van der Waals surface area contributed by atoms with Gasteiger partial charge in [-0.1, -0.05) is 42.5 Å². The van der Waals surface area contributed by atoms with Crippen LogP contribution in [0.4, 0.5) is 0 Å². The van der Waals surface area contributed by atoms with Crippen LogP contribution in [0.2, 0.25) is 0 Å². The topological polar surface area (TPSA) is 52.5 Å². The molecule has 0 bridgehead atoms. The van der Waals surface area contributed by atoms with Gasteiger partial charge >= 0.3 is 0 Å². The molecule has 2 aromatic rings. The Labute approximate surface area is 139 Å². The Morgan fingerprint density at radius 1 is 1.04 bits per heavy atom. The van der Waals surface area contributed by atoms with Crippen molar-refractivity contribution in [2.24, 2.45) is 0 Å². The number of phenolic OH excluding ortho intramolecular Hbond substituents is 1. The Morgan fingerprint density at radius 2 is 1.74 bits per heavy atom. The van der Waals surface area contributed by atoms with E-state index in [2.05, 4.69) is 36.5 Å². The number of hydrogen-bond donors (Lipinski definition) is 3. The number of aromatic hydroxyl groups is 1. The van der Waals surface area contributed by atoms with Crippen molar-refractivity contribution in [3.05, 3.63) is 65.2 Å². The van der Waals surface area contributed by atoms with E-state index in [4.69, 9.17) is 0 Å². The third kappa shape index (κ3) is 5.08. The maximum Gasteiger partial charge on any atom is 0.118 e. The van der Waals surface area contributed by atoms with Gasteiger partial charge in [0.2, 0.25) is 0 Å². The van der Waals surface area contributed by atoms with Crippen LogP contribution in [0.15, 0.2) is 48.5 Å². The molecule has 3 heteroatoms. The lowest BCUT2D eigenvalue weighted by atomic mass is 10.00. The molecule has 23 heavy (non-hydrogen) atoms. The number of rotatable bonds is 7. The highest BCUT2D eigenvalue weighted by atomic mass is 16.3. The van der Waals surface area contributed by atoms with Crippen LogP contribution in [0.25, 0.3) is 0 Å². The minimum atomic E-state index is -0.638. The third-order valence-corrected chi connectivity index (χ3v) is 4.30. The fraction of sp³-hybridized carbons (Fsp3) is 0.400. The van der Waals surface area contributed by atoms with Gasteiger partial charge in [0, 0.05) is 12.1 Å². The number of aliphatic hydroxyl groups is 1. The Balaban J connectivity index is 1.87. The van der Waals surface area contributed by atoms with Crippen LogP contribution in [0, 0.1) is 6.92 Å². The summed E-state index contributed by atoms with van der Waals surface area (Å²) in [6.07, 6.45) is 1.39. The van der Waals surface area contributed by atoms with E-state index in [-0.39, 0.29) is 11.8 Å². The van der Waals surface area contributed by atoms with Crippen LogP contribution >= 0.6 is 0 Å². The quantitative estimate of drug-likeness (QED) is 0.730. The third-order valence-electron chi connectivity index (χ3n) is 4.30. The highest BCUT2D eigenvalue weighted by Crippen LogP contribution is 2.24. The van der Waals surface area contributed by atoms with Gasteiger partial charge in [-0.15, -0.1) is 0 Å². The minimum absolute atomic E-state index is 0.0807. The predicted octanol–water partition coefficient (Wildman–Crippen LogP) is 3.73. The molecule has 0 fully saturated rings. The van der Waals surface area contributed by atoms with E-state index in [0.717, 1.165) is 24.0 Å². The summed E-state index contributed by atoms with van der Waals surface area (Å²) < 4.78 is 0. The smallest absolute Gasteiger partial charge is 0.118 e. The molecule has 0 aromatic heterocycles. The second-order valence-corrected chi connectivity index (χ2v) is 6.37. The van der Waals surface area contributed by atoms with Crippen LogP contribution in [0.5, 0.6) is 5.75 Å². The van der Waals surface area contributed by atoms with Gasteiger partial charge in [-0.2, -0.15) is 0 Å². The molecule has 2 rings (SSSR count). The van der Waals surface area contributed by atoms with E-state index < -0.39 is 6.10 Å². The fourth-order valence-corrected chi connectivity index (χ4v) is 2.75. The second-order valence-electron chi connectivity index (χ2n) is 6.37. The van der Waals surface area contributed by atoms with E-state index in [1.807, 2.05) is 32.0 Å². The van der Waals surface area contributed by atoms with E-state index in [0.29, 0.717) is 6.04 Å². The summed E-state index contributed by atoms with van der Waals surface area (Å²) in [5.41, 5.74) is 2.89. The van der Waals surface area contributed by atoms with Crippen molar-refractivity contribution >= 4 is 0 Å². The average Bonchev–Trinajstić information content (AvgIpc) is 2.55. The normalized spacial score (nSPS) is 15.1. The van der Waals surface area contributed by atoms with Crippen molar-refractivity contribution < 1.29 is 10.2 Å². The number of phenols is 1. The van der Waals surface area contributed by atoms with Crippen LogP contribution in [-0.4, -0.2) is 22.3 Å².